The first-order chi connectivity index (χ1) is 13.5. The van der Waals surface area contributed by atoms with E-state index in [0.29, 0.717) is 23.8 Å². The smallest absolute Gasteiger partial charge is 0.231 e. The van der Waals surface area contributed by atoms with Crippen molar-refractivity contribution in [1.82, 2.24) is 29.7 Å². The second-order valence-electron chi connectivity index (χ2n) is 7.33. The zero-order valence-electron chi connectivity index (χ0n) is 16.3. The Morgan fingerprint density at radius 2 is 2.18 bits per heavy atom. The van der Waals surface area contributed by atoms with E-state index in [2.05, 4.69) is 25.5 Å². The van der Waals surface area contributed by atoms with Crippen molar-refractivity contribution < 1.29 is 4.79 Å². The van der Waals surface area contributed by atoms with Gasteiger partial charge in [-0.05, 0) is 38.8 Å². The summed E-state index contributed by atoms with van der Waals surface area (Å²) in [6.45, 7) is 5.95. The molecule has 3 aromatic rings. The number of pyridine rings is 1. The molecule has 1 fully saturated rings. The number of nitrogens with zero attached hydrogens (tertiary/aromatic N) is 6. The van der Waals surface area contributed by atoms with Crippen LogP contribution in [-0.4, -0.2) is 43.4 Å². The molecule has 0 aromatic carbocycles. The molecule has 1 atom stereocenters. The SMILES string of the molecule is Cc1nn(C)c(C)c1CNC(=O)[C@H]1CCCN(c2nnc3c(Cl)cccn23)C1. The van der Waals surface area contributed by atoms with Gasteiger partial charge in [0.05, 0.1) is 16.6 Å². The predicted molar refractivity (Wildman–Crippen MR) is 107 cm³/mol. The molecule has 4 heterocycles. The molecular formula is C19H24ClN7O. The number of carbonyl (C=O) groups excluding carboxylic acids is 1. The number of hydrogen-bond donors (Lipinski definition) is 1. The Kier molecular flexibility index (Phi) is 4.97. The van der Waals surface area contributed by atoms with Gasteiger partial charge in [-0.3, -0.25) is 13.9 Å². The maximum atomic E-state index is 12.8. The first-order valence-corrected chi connectivity index (χ1v) is 9.84. The maximum absolute atomic E-state index is 12.8. The second kappa shape index (κ2) is 7.43. The van der Waals surface area contributed by atoms with Gasteiger partial charge in [0.25, 0.3) is 0 Å². The van der Waals surface area contributed by atoms with Crippen molar-refractivity contribution >= 4 is 29.1 Å². The fourth-order valence-corrected chi connectivity index (χ4v) is 4.05. The first kappa shape index (κ1) is 18.7. The van der Waals surface area contributed by atoms with Crippen molar-refractivity contribution in [3.8, 4) is 0 Å². The molecule has 0 saturated carbocycles. The van der Waals surface area contributed by atoms with Crippen LogP contribution in [0.5, 0.6) is 0 Å². The maximum Gasteiger partial charge on any atom is 0.231 e. The largest absolute Gasteiger partial charge is 0.352 e. The van der Waals surface area contributed by atoms with E-state index in [9.17, 15) is 4.79 Å². The lowest BCUT2D eigenvalue weighted by atomic mass is 9.97. The molecule has 1 N–H and O–H groups in total. The van der Waals surface area contributed by atoms with Crippen molar-refractivity contribution in [2.75, 3.05) is 18.0 Å². The van der Waals surface area contributed by atoms with Crippen LogP contribution in [0.25, 0.3) is 5.65 Å². The summed E-state index contributed by atoms with van der Waals surface area (Å²) in [6, 6.07) is 3.67. The molecular weight excluding hydrogens is 378 g/mol. The molecule has 148 valence electrons. The van der Waals surface area contributed by atoms with Gasteiger partial charge in [0.15, 0.2) is 5.65 Å². The highest BCUT2D eigenvalue weighted by Crippen LogP contribution is 2.25. The normalized spacial score (nSPS) is 17.3. The van der Waals surface area contributed by atoms with Crippen LogP contribution in [0, 0.1) is 19.8 Å². The molecule has 8 nitrogen and oxygen atoms in total. The van der Waals surface area contributed by atoms with Crippen molar-refractivity contribution in [2.24, 2.45) is 13.0 Å². The average Bonchev–Trinajstić information content (AvgIpc) is 3.22. The number of halogens is 1. The van der Waals surface area contributed by atoms with Gasteiger partial charge in [0.2, 0.25) is 11.9 Å². The summed E-state index contributed by atoms with van der Waals surface area (Å²) in [5.41, 5.74) is 3.75. The lowest BCUT2D eigenvalue weighted by Gasteiger charge is -2.32. The van der Waals surface area contributed by atoms with E-state index in [0.717, 1.165) is 42.3 Å². The van der Waals surface area contributed by atoms with Crippen LogP contribution in [0.1, 0.15) is 29.8 Å². The van der Waals surface area contributed by atoms with Crippen LogP contribution in [0.15, 0.2) is 18.3 Å². The fraction of sp³-hybridized carbons (Fsp3) is 0.474. The minimum atomic E-state index is -0.0856. The van der Waals surface area contributed by atoms with E-state index in [4.69, 9.17) is 11.6 Å². The minimum Gasteiger partial charge on any atom is -0.352 e. The zero-order chi connectivity index (χ0) is 19.8. The van der Waals surface area contributed by atoms with E-state index in [1.807, 2.05) is 42.2 Å². The lowest BCUT2D eigenvalue weighted by molar-refractivity contribution is -0.125. The van der Waals surface area contributed by atoms with E-state index in [1.54, 1.807) is 6.07 Å². The van der Waals surface area contributed by atoms with Gasteiger partial charge in [0.1, 0.15) is 0 Å². The quantitative estimate of drug-likeness (QED) is 0.725. The number of aryl methyl sites for hydroxylation is 2. The molecule has 1 amide bonds. The third-order valence-corrected chi connectivity index (χ3v) is 5.84. The van der Waals surface area contributed by atoms with Crippen molar-refractivity contribution in [3.63, 3.8) is 0 Å². The Morgan fingerprint density at radius 1 is 1.36 bits per heavy atom. The van der Waals surface area contributed by atoms with Gasteiger partial charge in [-0.1, -0.05) is 11.6 Å². The Morgan fingerprint density at radius 3 is 2.93 bits per heavy atom. The second-order valence-corrected chi connectivity index (χ2v) is 7.73. The average molecular weight is 402 g/mol. The van der Waals surface area contributed by atoms with Crippen molar-refractivity contribution in [3.05, 3.63) is 40.3 Å². The number of nitrogens with one attached hydrogen (secondary N) is 1. The predicted octanol–water partition coefficient (Wildman–Crippen LogP) is 2.27. The summed E-state index contributed by atoms with van der Waals surface area (Å²) in [6.07, 6.45) is 3.69. The number of piperidine rings is 1. The summed E-state index contributed by atoms with van der Waals surface area (Å²) >= 11 is 6.20. The number of rotatable bonds is 4. The number of fused-ring (bicyclic) bond motifs is 1. The Balaban J connectivity index is 1.46. The Bertz CT molecular complexity index is 1020. The van der Waals surface area contributed by atoms with Crippen LogP contribution in [0.2, 0.25) is 5.02 Å². The summed E-state index contributed by atoms with van der Waals surface area (Å²) in [5, 5.41) is 16.6. The molecule has 0 aliphatic carbocycles. The first-order valence-electron chi connectivity index (χ1n) is 9.46. The summed E-state index contributed by atoms with van der Waals surface area (Å²) in [7, 11) is 1.92. The van der Waals surface area contributed by atoms with Gasteiger partial charge >= 0.3 is 0 Å². The van der Waals surface area contributed by atoms with Crippen LogP contribution < -0.4 is 10.2 Å². The molecule has 28 heavy (non-hydrogen) atoms. The summed E-state index contributed by atoms with van der Waals surface area (Å²) in [5.74, 6) is 0.714. The van der Waals surface area contributed by atoms with Crippen LogP contribution in [0.3, 0.4) is 0 Å². The Hall–Kier alpha value is -2.61. The minimum absolute atomic E-state index is 0.0687. The van der Waals surface area contributed by atoms with E-state index < -0.39 is 0 Å². The summed E-state index contributed by atoms with van der Waals surface area (Å²) < 4.78 is 3.73. The molecule has 3 aromatic heterocycles. The topological polar surface area (TPSA) is 80.3 Å². The molecule has 0 radical (unpaired) electrons. The highest BCUT2D eigenvalue weighted by atomic mass is 35.5. The molecule has 0 spiro atoms. The highest BCUT2D eigenvalue weighted by Gasteiger charge is 2.28. The van der Waals surface area contributed by atoms with E-state index in [-0.39, 0.29) is 11.8 Å². The van der Waals surface area contributed by atoms with Crippen molar-refractivity contribution in [2.45, 2.75) is 33.2 Å². The van der Waals surface area contributed by atoms with Crippen molar-refractivity contribution in [1.29, 1.82) is 0 Å². The molecule has 0 bridgehead atoms. The molecule has 9 heteroatoms. The monoisotopic (exact) mass is 401 g/mol. The van der Waals surface area contributed by atoms with Crippen LogP contribution in [0.4, 0.5) is 5.95 Å². The summed E-state index contributed by atoms with van der Waals surface area (Å²) in [4.78, 5) is 14.9. The van der Waals surface area contributed by atoms with E-state index >= 15 is 0 Å². The van der Waals surface area contributed by atoms with Gasteiger partial charge in [-0.25, -0.2) is 0 Å². The number of anilines is 1. The molecule has 1 aliphatic rings. The number of aromatic nitrogens is 5. The number of hydrogen-bond acceptors (Lipinski definition) is 5. The third kappa shape index (κ3) is 3.32. The molecule has 1 aliphatic heterocycles. The standard InChI is InChI=1S/C19H24ClN7O/c1-12-15(13(2)25(3)24-12)10-21-18(28)14-6-4-8-26(11-14)19-23-22-17-16(20)7-5-9-27(17)19/h5,7,9,14H,4,6,8,10-11H2,1-3H3,(H,21,28)/t14-/m0/s1. The number of amides is 1. The fourth-order valence-electron chi connectivity index (χ4n) is 3.85. The molecule has 4 rings (SSSR count). The number of carbonyl (C=O) groups is 1. The van der Waals surface area contributed by atoms with Gasteiger partial charge < -0.3 is 10.2 Å². The highest BCUT2D eigenvalue weighted by molar-refractivity contribution is 6.33. The molecule has 0 unspecified atom stereocenters. The molecule has 1 saturated heterocycles. The third-order valence-electron chi connectivity index (χ3n) is 5.54. The van der Waals surface area contributed by atoms with Crippen LogP contribution >= 0.6 is 11.6 Å². The van der Waals surface area contributed by atoms with E-state index in [1.165, 1.54) is 0 Å². The van der Waals surface area contributed by atoms with Gasteiger partial charge in [0, 0.05) is 44.1 Å². The zero-order valence-corrected chi connectivity index (χ0v) is 17.1. The van der Waals surface area contributed by atoms with Gasteiger partial charge in [-0.15, -0.1) is 10.2 Å². The Labute approximate surface area is 168 Å². The lowest BCUT2D eigenvalue weighted by Crippen LogP contribution is -2.43. The van der Waals surface area contributed by atoms with Crippen LogP contribution in [-0.2, 0) is 18.4 Å². The van der Waals surface area contributed by atoms with Gasteiger partial charge in [-0.2, -0.15) is 5.10 Å².